The summed E-state index contributed by atoms with van der Waals surface area (Å²) in [6, 6.07) is 5.47. The van der Waals surface area contributed by atoms with E-state index in [0.717, 1.165) is 24.0 Å². The first-order valence-corrected chi connectivity index (χ1v) is 6.23. The molecule has 0 atom stereocenters. The van der Waals surface area contributed by atoms with Crippen LogP contribution in [-0.2, 0) is 9.59 Å². The number of nitrogens with one attached hydrogen (secondary N) is 1. The Balaban J connectivity index is 2.13. The maximum absolute atomic E-state index is 11.9. The Kier molecular flexibility index (Phi) is 3.63. The predicted molar refractivity (Wildman–Crippen MR) is 74.2 cm³/mol. The Bertz CT molecular complexity index is 594. The minimum absolute atomic E-state index is 0.125. The second kappa shape index (κ2) is 5.21. The Morgan fingerprint density at radius 3 is 2.47 bits per heavy atom. The standard InChI is InChI=1S/C15H15N2O2/c1-9-3-6-12(7-10(9)2)17-15(19)13(8-16)14(18)11-4-5-11/h3,6-7,11H,4-5H2,1-2H3,(H,17,19)/q-1. The molecule has 1 aromatic carbocycles. The molecule has 0 heterocycles. The zero-order valence-electron chi connectivity index (χ0n) is 11.0. The monoisotopic (exact) mass is 255 g/mol. The fourth-order valence-corrected chi connectivity index (χ4v) is 1.78. The van der Waals surface area contributed by atoms with Gasteiger partial charge in [0.05, 0.1) is 0 Å². The predicted octanol–water partition coefficient (Wildman–Crippen LogP) is 2.39. The fraction of sp³-hybridized carbons (Fsp3) is 0.333. The summed E-state index contributed by atoms with van der Waals surface area (Å²) >= 11 is 0. The van der Waals surface area contributed by atoms with Gasteiger partial charge in [0.15, 0.2) is 5.78 Å². The number of rotatable bonds is 4. The normalized spacial score (nSPS) is 13.6. The number of amides is 1. The van der Waals surface area contributed by atoms with Crippen LogP contribution in [0.3, 0.4) is 0 Å². The highest BCUT2D eigenvalue weighted by Crippen LogP contribution is 2.32. The average molecular weight is 255 g/mol. The van der Waals surface area contributed by atoms with Crippen molar-refractivity contribution in [2.24, 2.45) is 5.92 Å². The number of anilines is 1. The number of ketones is 1. The van der Waals surface area contributed by atoms with Crippen LogP contribution in [-0.4, -0.2) is 17.6 Å². The third kappa shape index (κ3) is 2.98. The van der Waals surface area contributed by atoms with Gasteiger partial charge in [-0.3, -0.25) is 15.5 Å². The van der Waals surface area contributed by atoms with E-state index in [9.17, 15) is 9.59 Å². The van der Waals surface area contributed by atoms with Crippen LogP contribution in [0.4, 0.5) is 5.69 Å². The molecule has 1 amide bonds. The van der Waals surface area contributed by atoms with E-state index in [2.05, 4.69) is 5.32 Å². The molecule has 0 bridgehead atoms. The van der Waals surface area contributed by atoms with E-state index in [4.69, 9.17) is 5.41 Å². The van der Waals surface area contributed by atoms with E-state index >= 15 is 0 Å². The second-order valence-corrected chi connectivity index (χ2v) is 4.88. The number of carbonyl (C=O) groups excluding carboxylic acids is 2. The summed E-state index contributed by atoms with van der Waals surface area (Å²) in [6.07, 6.45) is 1.56. The highest BCUT2D eigenvalue weighted by atomic mass is 16.2. The molecule has 1 saturated carbocycles. The summed E-state index contributed by atoms with van der Waals surface area (Å²) in [5.41, 5.74) is 2.48. The number of hydrogen-bond acceptors (Lipinski definition) is 2. The molecule has 0 aromatic heterocycles. The van der Waals surface area contributed by atoms with Crippen molar-refractivity contribution >= 4 is 23.2 Å². The van der Waals surface area contributed by atoms with E-state index in [1.165, 1.54) is 0 Å². The smallest absolute Gasteiger partial charge is 0.265 e. The van der Waals surface area contributed by atoms with Gasteiger partial charge >= 0.3 is 0 Å². The highest BCUT2D eigenvalue weighted by molar-refractivity contribution is 6.30. The summed E-state index contributed by atoms with van der Waals surface area (Å²) in [5.74, 6) is 0.661. The molecule has 2 rings (SSSR count). The second-order valence-electron chi connectivity index (χ2n) is 4.88. The van der Waals surface area contributed by atoms with Gasteiger partial charge in [-0.1, -0.05) is 6.07 Å². The van der Waals surface area contributed by atoms with Crippen LogP contribution in [0, 0.1) is 19.8 Å². The number of aryl methyl sites for hydroxylation is 2. The fourth-order valence-electron chi connectivity index (χ4n) is 1.78. The molecular weight excluding hydrogens is 240 g/mol. The van der Waals surface area contributed by atoms with Crippen molar-refractivity contribution in [1.82, 2.24) is 0 Å². The molecule has 1 N–H and O–H groups in total. The maximum atomic E-state index is 11.9. The van der Waals surface area contributed by atoms with Crippen LogP contribution in [0.1, 0.15) is 24.0 Å². The molecule has 1 aromatic rings. The molecule has 1 aliphatic rings. The Hall–Kier alpha value is -2.19. The lowest BCUT2D eigenvalue weighted by molar-refractivity contribution is -0.120. The molecule has 0 radical (unpaired) electrons. The van der Waals surface area contributed by atoms with Crippen molar-refractivity contribution < 1.29 is 9.59 Å². The van der Waals surface area contributed by atoms with Gasteiger partial charge in [-0.25, -0.2) is 0 Å². The first kappa shape index (κ1) is 13.2. The third-order valence-electron chi connectivity index (χ3n) is 3.30. The Labute approximate surface area is 112 Å². The molecule has 4 nitrogen and oxygen atoms in total. The van der Waals surface area contributed by atoms with E-state index < -0.39 is 5.91 Å². The van der Waals surface area contributed by atoms with Crippen molar-refractivity contribution in [2.75, 3.05) is 5.32 Å². The van der Waals surface area contributed by atoms with Crippen molar-refractivity contribution in [3.8, 4) is 0 Å². The van der Waals surface area contributed by atoms with Crippen LogP contribution in [0.2, 0.25) is 0 Å². The summed E-state index contributed by atoms with van der Waals surface area (Å²) < 4.78 is 0. The lowest BCUT2D eigenvalue weighted by atomic mass is 10.1. The molecular formula is C15H15N2O2-. The maximum Gasteiger partial charge on any atom is 0.265 e. The Morgan fingerprint density at radius 1 is 1.26 bits per heavy atom. The van der Waals surface area contributed by atoms with Crippen LogP contribution < -0.4 is 5.32 Å². The van der Waals surface area contributed by atoms with Gasteiger partial charge in [-0.15, -0.1) is 0 Å². The van der Waals surface area contributed by atoms with Gasteiger partial charge in [-0.05, 0) is 49.9 Å². The van der Waals surface area contributed by atoms with Crippen molar-refractivity contribution in [3.05, 3.63) is 40.3 Å². The van der Waals surface area contributed by atoms with Gasteiger partial charge in [0, 0.05) is 11.6 Å². The first-order valence-electron chi connectivity index (χ1n) is 6.23. The molecule has 98 valence electrons. The zero-order valence-corrected chi connectivity index (χ0v) is 11.0. The first-order chi connectivity index (χ1) is 9.02. The minimum Gasteiger partial charge on any atom is -0.763 e. The lowest BCUT2D eigenvalue weighted by Gasteiger charge is -2.09. The SMILES string of the molecule is Cc1ccc(NC(=O)C(=C=[N-])C(=O)C2CC2)cc1C. The largest absolute Gasteiger partial charge is 0.763 e. The minimum atomic E-state index is -0.609. The summed E-state index contributed by atoms with van der Waals surface area (Å²) in [7, 11) is 0. The topological polar surface area (TPSA) is 68.5 Å². The van der Waals surface area contributed by atoms with Gasteiger partial charge in [0.1, 0.15) is 5.57 Å². The van der Waals surface area contributed by atoms with E-state index in [-0.39, 0.29) is 17.3 Å². The van der Waals surface area contributed by atoms with Crippen molar-refractivity contribution in [1.29, 1.82) is 0 Å². The Morgan fingerprint density at radius 2 is 1.95 bits per heavy atom. The van der Waals surface area contributed by atoms with Gasteiger partial charge in [0.25, 0.3) is 5.91 Å². The number of nitrogens with zero attached hydrogens (tertiary/aromatic N) is 1. The average Bonchev–Trinajstić information content (AvgIpc) is 3.18. The summed E-state index contributed by atoms with van der Waals surface area (Å²) in [6.45, 7) is 3.92. The van der Waals surface area contributed by atoms with Crippen LogP contribution in [0.25, 0.3) is 5.41 Å². The van der Waals surface area contributed by atoms with E-state index in [0.29, 0.717) is 5.69 Å². The number of hydrogen-bond donors (Lipinski definition) is 1. The van der Waals surface area contributed by atoms with E-state index in [1.54, 1.807) is 11.9 Å². The molecule has 0 saturated heterocycles. The van der Waals surface area contributed by atoms with E-state index in [1.807, 2.05) is 26.0 Å². The van der Waals surface area contributed by atoms with Gasteiger partial charge in [-0.2, -0.15) is 0 Å². The molecule has 19 heavy (non-hydrogen) atoms. The molecule has 4 heteroatoms. The van der Waals surface area contributed by atoms with Crippen LogP contribution in [0.15, 0.2) is 23.8 Å². The van der Waals surface area contributed by atoms with Crippen LogP contribution >= 0.6 is 0 Å². The quantitative estimate of drug-likeness (QED) is 0.388. The number of Topliss-reactive ketones (excluding diaryl/α,β-unsaturated/α-hetero) is 1. The molecule has 0 unspecified atom stereocenters. The summed E-state index contributed by atoms with van der Waals surface area (Å²) in [5, 5.41) is 11.6. The van der Waals surface area contributed by atoms with Gasteiger partial charge in [0.2, 0.25) is 0 Å². The highest BCUT2D eigenvalue weighted by Gasteiger charge is 2.33. The number of benzene rings is 1. The molecule has 0 aliphatic heterocycles. The van der Waals surface area contributed by atoms with Crippen molar-refractivity contribution in [2.45, 2.75) is 26.7 Å². The third-order valence-corrected chi connectivity index (χ3v) is 3.30. The lowest BCUT2D eigenvalue weighted by Crippen LogP contribution is -2.22. The van der Waals surface area contributed by atoms with Gasteiger partial charge < -0.3 is 10.7 Å². The molecule has 1 fully saturated rings. The molecule has 1 aliphatic carbocycles. The summed E-state index contributed by atoms with van der Waals surface area (Å²) in [4.78, 5) is 23.7. The zero-order chi connectivity index (χ0) is 14.0. The molecule has 0 spiro atoms. The van der Waals surface area contributed by atoms with Crippen LogP contribution in [0.5, 0.6) is 0 Å². The number of carbonyl (C=O) groups is 2. The van der Waals surface area contributed by atoms with Crippen molar-refractivity contribution in [3.63, 3.8) is 0 Å².